The molecular formula is C13H25NO2. The van der Waals surface area contributed by atoms with Crippen LogP contribution in [0.15, 0.2) is 0 Å². The summed E-state index contributed by atoms with van der Waals surface area (Å²) in [5, 5.41) is 0. The quantitative estimate of drug-likeness (QED) is 0.639. The summed E-state index contributed by atoms with van der Waals surface area (Å²) in [6.07, 6.45) is 4.00. The molecule has 1 amide bonds. The highest BCUT2D eigenvalue weighted by Gasteiger charge is 2.10. The average Bonchev–Trinajstić information content (AvgIpc) is 2.25. The fraction of sp³-hybridized carbons (Fsp3) is 0.846. The van der Waals surface area contributed by atoms with Crippen LogP contribution in [0.25, 0.3) is 0 Å². The number of hydrogen-bond acceptors (Lipinski definition) is 2. The van der Waals surface area contributed by atoms with E-state index in [9.17, 15) is 9.59 Å². The summed E-state index contributed by atoms with van der Waals surface area (Å²) in [6, 6.07) is 0. The van der Waals surface area contributed by atoms with Crippen molar-refractivity contribution in [2.45, 2.75) is 52.9 Å². The molecule has 0 unspecified atom stereocenters. The third-order valence-electron chi connectivity index (χ3n) is 2.73. The van der Waals surface area contributed by atoms with Gasteiger partial charge in [-0.1, -0.05) is 27.2 Å². The van der Waals surface area contributed by atoms with Crippen LogP contribution in [-0.2, 0) is 9.59 Å². The third-order valence-corrected chi connectivity index (χ3v) is 2.73. The Kier molecular flexibility index (Phi) is 7.86. The van der Waals surface area contributed by atoms with Gasteiger partial charge in [0.05, 0.1) is 0 Å². The fourth-order valence-corrected chi connectivity index (χ4v) is 1.42. The molecule has 0 bridgehead atoms. The van der Waals surface area contributed by atoms with Gasteiger partial charge < -0.3 is 4.90 Å². The molecule has 3 nitrogen and oxygen atoms in total. The van der Waals surface area contributed by atoms with Crippen LogP contribution in [-0.4, -0.2) is 30.2 Å². The monoisotopic (exact) mass is 227 g/mol. The van der Waals surface area contributed by atoms with Crippen LogP contribution in [0.1, 0.15) is 52.9 Å². The van der Waals surface area contributed by atoms with Gasteiger partial charge in [0.2, 0.25) is 5.91 Å². The van der Waals surface area contributed by atoms with E-state index in [0.29, 0.717) is 19.4 Å². The summed E-state index contributed by atoms with van der Waals surface area (Å²) in [4.78, 5) is 24.7. The lowest BCUT2D eigenvalue weighted by molar-refractivity contribution is -0.130. The van der Waals surface area contributed by atoms with E-state index in [-0.39, 0.29) is 17.6 Å². The normalized spacial score (nSPS) is 10.6. The summed E-state index contributed by atoms with van der Waals surface area (Å²) in [5.41, 5.74) is 0. The molecule has 0 saturated heterocycles. The zero-order chi connectivity index (χ0) is 12.6. The Morgan fingerprint density at radius 3 is 2.25 bits per heavy atom. The van der Waals surface area contributed by atoms with Crippen molar-refractivity contribution in [2.24, 2.45) is 5.92 Å². The zero-order valence-corrected chi connectivity index (χ0v) is 11.1. The predicted molar refractivity (Wildman–Crippen MR) is 66.2 cm³/mol. The molecule has 0 saturated carbocycles. The number of carbonyl (C=O) groups excluding carboxylic acids is 2. The minimum absolute atomic E-state index is 0.112. The molecule has 0 aliphatic rings. The van der Waals surface area contributed by atoms with Crippen molar-refractivity contribution < 1.29 is 9.59 Å². The molecule has 0 aliphatic heterocycles. The molecule has 0 radical (unpaired) electrons. The highest BCUT2D eigenvalue weighted by molar-refractivity contribution is 5.80. The van der Waals surface area contributed by atoms with Gasteiger partial charge in [-0.05, 0) is 12.8 Å². The molecule has 0 heterocycles. The van der Waals surface area contributed by atoms with E-state index < -0.39 is 0 Å². The van der Waals surface area contributed by atoms with Crippen molar-refractivity contribution in [1.29, 1.82) is 0 Å². The first-order valence-electron chi connectivity index (χ1n) is 6.25. The van der Waals surface area contributed by atoms with E-state index in [1.807, 2.05) is 20.9 Å². The highest BCUT2D eigenvalue weighted by Crippen LogP contribution is 2.04. The summed E-state index contributed by atoms with van der Waals surface area (Å²) in [7, 11) is 1.82. The molecule has 0 fully saturated rings. The summed E-state index contributed by atoms with van der Waals surface area (Å²) in [6.45, 7) is 6.60. The van der Waals surface area contributed by atoms with Gasteiger partial charge in [0, 0.05) is 32.4 Å². The molecule has 0 atom stereocenters. The molecule has 16 heavy (non-hydrogen) atoms. The van der Waals surface area contributed by atoms with Crippen molar-refractivity contribution in [3.63, 3.8) is 0 Å². The van der Waals surface area contributed by atoms with E-state index in [0.717, 1.165) is 19.3 Å². The molecule has 0 aromatic heterocycles. The summed E-state index contributed by atoms with van der Waals surface area (Å²) in [5.74, 6) is 0.592. The van der Waals surface area contributed by atoms with Crippen LogP contribution in [0.3, 0.4) is 0 Å². The smallest absolute Gasteiger partial charge is 0.222 e. The van der Waals surface area contributed by atoms with E-state index in [1.54, 1.807) is 4.90 Å². The number of unbranched alkanes of at least 4 members (excludes halogenated alkanes) is 1. The predicted octanol–water partition coefficient (Wildman–Crippen LogP) is 2.64. The van der Waals surface area contributed by atoms with Gasteiger partial charge in [-0.2, -0.15) is 0 Å². The van der Waals surface area contributed by atoms with Crippen LogP contribution in [0.2, 0.25) is 0 Å². The Morgan fingerprint density at radius 2 is 1.75 bits per heavy atom. The second-order valence-electron chi connectivity index (χ2n) is 4.64. The molecule has 3 heteroatoms. The molecule has 0 aromatic carbocycles. The maximum absolute atomic E-state index is 11.6. The minimum Gasteiger partial charge on any atom is -0.346 e. The Labute approximate surface area is 99.2 Å². The second kappa shape index (κ2) is 8.31. The zero-order valence-electron chi connectivity index (χ0n) is 11.1. The molecule has 0 rings (SSSR count). The SMILES string of the molecule is CCCCC(=O)N(C)CCCC(=O)C(C)C. The van der Waals surface area contributed by atoms with E-state index >= 15 is 0 Å². The molecule has 0 spiro atoms. The number of Topliss-reactive ketones (excluding diaryl/α,β-unsaturated/α-hetero) is 1. The lowest BCUT2D eigenvalue weighted by Gasteiger charge is -2.16. The molecule has 0 aromatic rings. The van der Waals surface area contributed by atoms with Gasteiger partial charge in [-0.25, -0.2) is 0 Å². The summed E-state index contributed by atoms with van der Waals surface area (Å²) >= 11 is 0. The Balaban J connectivity index is 3.68. The van der Waals surface area contributed by atoms with Gasteiger partial charge in [0.15, 0.2) is 0 Å². The lowest BCUT2D eigenvalue weighted by Crippen LogP contribution is -2.28. The second-order valence-corrected chi connectivity index (χ2v) is 4.64. The van der Waals surface area contributed by atoms with Crippen molar-refractivity contribution in [1.82, 2.24) is 4.90 Å². The first kappa shape index (κ1) is 15.1. The Hall–Kier alpha value is -0.860. The number of ketones is 1. The number of carbonyl (C=O) groups is 2. The molecular weight excluding hydrogens is 202 g/mol. The van der Waals surface area contributed by atoms with E-state index in [4.69, 9.17) is 0 Å². The van der Waals surface area contributed by atoms with Gasteiger partial charge in [-0.15, -0.1) is 0 Å². The van der Waals surface area contributed by atoms with Crippen molar-refractivity contribution >= 4 is 11.7 Å². The minimum atomic E-state index is 0.112. The van der Waals surface area contributed by atoms with Gasteiger partial charge in [-0.3, -0.25) is 9.59 Å². The van der Waals surface area contributed by atoms with Crippen molar-refractivity contribution in [2.75, 3.05) is 13.6 Å². The van der Waals surface area contributed by atoms with Gasteiger partial charge >= 0.3 is 0 Å². The summed E-state index contributed by atoms with van der Waals surface area (Å²) < 4.78 is 0. The van der Waals surface area contributed by atoms with Crippen molar-refractivity contribution in [3.05, 3.63) is 0 Å². The van der Waals surface area contributed by atoms with E-state index in [1.165, 1.54) is 0 Å². The number of amides is 1. The maximum Gasteiger partial charge on any atom is 0.222 e. The number of rotatable bonds is 8. The Bertz CT molecular complexity index is 224. The number of hydrogen-bond donors (Lipinski definition) is 0. The number of nitrogens with zero attached hydrogens (tertiary/aromatic N) is 1. The highest BCUT2D eigenvalue weighted by atomic mass is 16.2. The average molecular weight is 227 g/mol. The molecule has 94 valence electrons. The first-order chi connectivity index (χ1) is 7.49. The first-order valence-corrected chi connectivity index (χ1v) is 6.25. The van der Waals surface area contributed by atoms with Gasteiger partial charge in [0.25, 0.3) is 0 Å². The Morgan fingerprint density at radius 1 is 1.12 bits per heavy atom. The van der Waals surface area contributed by atoms with Crippen molar-refractivity contribution in [3.8, 4) is 0 Å². The van der Waals surface area contributed by atoms with Gasteiger partial charge in [0.1, 0.15) is 5.78 Å². The largest absolute Gasteiger partial charge is 0.346 e. The maximum atomic E-state index is 11.6. The lowest BCUT2D eigenvalue weighted by atomic mass is 10.0. The van der Waals surface area contributed by atoms with Crippen LogP contribution in [0.5, 0.6) is 0 Å². The standard InChI is InChI=1S/C13H25NO2/c1-5-6-9-13(16)14(4)10-7-8-12(15)11(2)3/h11H,5-10H2,1-4H3. The third kappa shape index (κ3) is 6.59. The molecule has 0 N–H and O–H groups in total. The van der Waals surface area contributed by atoms with Crippen LogP contribution >= 0.6 is 0 Å². The fourth-order valence-electron chi connectivity index (χ4n) is 1.42. The van der Waals surface area contributed by atoms with Crippen LogP contribution < -0.4 is 0 Å². The topological polar surface area (TPSA) is 37.4 Å². The van der Waals surface area contributed by atoms with Crippen LogP contribution in [0.4, 0.5) is 0 Å². The van der Waals surface area contributed by atoms with E-state index in [2.05, 4.69) is 6.92 Å². The molecule has 0 aliphatic carbocycles. The van der Waals surface area contributed by atoms with Crippen LogP contribution in [0, 0.1) is 5.92 Å².